The Morgan fingerprint density at radius 1 is 0.690 bits per heavy atom. The van der Waals surface area contributed by atoms with Crippen molar-refractivity contribution in [2.45, 2.75) is 150 Å². The summed E-state index contributed by atoms with van der Waals surface area (Å²) in [4.78, 5) is 5.09. The standard InChI is InChI=1S/C28H53N/c1-5-6-7-8-9-10-11-12-13-14-15-16-17-18-19-20-23-29-26-24-25-21-22-28(26,4)27(25,2)3/h25H,5-24H2,1-4H3/t25-,28+/m1/s1. The molecule has 2 atom stereocenters. The van der Waals surface area contributed by atoms with E-state index in [9.17, 15) is 0 Å². The number of fused-ring (bicyclic) bond motifs is 2. The Morgan fingerprint density at radius 2 is 1.14 bits per heavy atom. The van der Waals surface area contributed by atoms with Crippen LogP contribution >= 0.6 is 0 Å². The molecule has 2 fully saturated rings. The van der Waals surface area contributed by atoms with E-state index in [1.807, 2.05) is 0 Å². The van der Waals surface area contributed by atoms with Gasteiger partial charge in [0.15, 0.2) is 0 Å². The van der Waals surface area contributed by atoms with Gasteiger partial charge in [-0.2, -0.15) is 0 Å². The Kier molecular flexibility index (Phi) is 11.3. The summed E-state index contributed by atoms with van der Waals surface area (Å²) in [5.74, 6) is 0.900. The van der Waals surface area contributed by atoms with Crippen LogP contribution in [0.1, 0.15) is 150 Å². The van der Waals surface area contributed by atoms with Crippen LogP contribution in [0.25, 0.3) is 0 Å². The van der Waals surface area contributed by atoms with E-state index in [1.165, 1.54) is 122 Å². The van der Waals surface area contributed by atoms with Crippen LogP contribution in [0.4, 0.5) is 0 Å². The number of unbranched alkanes of at least 4 members (excludes halogenated alkanes) is 15. The zero-order chi connectivity index (χ0) is 21.0. The van der Waals surface area contributed by atoms with Gasteiger partial charge in [0, 0.05) is 17.7 Å². The van der Waals surface area contributed by atoms with Crippen molar-refractivity contribution in [2.24, 2.45) is 21.7 Å². The molecule has 0 amide bonds. The van der Waals surface area contributed by atoms with E-state index in [-0.39, 0.29) is 0 Å². The van der Waals surface area contributed by atoms with Crippen molar-refractivity contribution < 1.29 is 0 Å². The van der Waals surface area contributed by atoms with E-state index < -0.39 is 0 Å². The fourth-order valence-corrected chi connectivity index (χ4v) is 6.04. The van der Waals surface area contributed by atoms with Crippen LogP contribution in [0.5, 0.6) is 0 Å². The van der Waals surface area contributed by atoms with Gasteiger partial charge in [-0.05, 0) is 37.0 Å². The zero-order valence-electron chi connectivity index (χ0n) is 20.7. The average Bonchev–Trinajstić information content (AvgIpc) is 3.04. The van der Waals surface area contributed by atoms with E-state index >= 15 is 0 Å². The third kappa shape index (κ3) is 7.39. The molecular weight excluding hydrogens is 350 g/mol. The Morgan fingerprint density at radius 3 is 1.52 bits per heavy atom. The van der Waals surface area contributed by atoms with Crippen molar-refractivity contribution in [3.05, 3.63) is 0 Å². The lowest BCUT2D eigenvalue weighted by molar-refractivity contribution is 0.194. The number of rotatable bonds is 17. The summed E-state index contributed by atoms with van der Waals surface area (Å²) in [7, 11) is 0. The highest BCUT2D eigenvalue weighted by molar-refractivity contribution is 5.94. The summed E-state index contributed by atoms with van der Waals surface area (Å²) in [6, 6.07) is 0. The van der Waals surface area contributed by atoms with Crippen molar-refractivity contribution in [1.29, 1.82) is 0 Å². The molecule has 0 radical (unpaired) electrons. The predicted octanol–water partition coefficient (Wildman–Crippen LogP) is 9.54. The van der Waals surface area contributed by atoms with Gasteiger partial charge in [-0.1, -0.05) is 124 Å². The average molecular weight is 404 g/mol. The highest BCUT2D eigenvalue weighted by atomic mass is 14.8. The van der Waals surface area contributed by atoms with Gasteiger partial charge in [-0.25, -0.2) is 0 Å². The first kappa shape index (κ1) is 24.9. The fourth-order valence-electron chi connectivity index (χ4n) is 6.04. The fraction of sp³-hybridized carbons (Fsp3) is 0.964. The minimum Gasteiger partial charge on any atom is -0.294 e. The molecule has 0 saturated heterocycles. The van der Waals surface area contributed by atoms with E-state index in [0.717, 1.165) is 12.5 Å². The largest absolute Gasteiger partial charge is 0.294 e. The highest BCUT2D eigenvalue weighted by Crippen LogP contribution is 2.63. The smallest absolute Gasteiger partial charge is 0.0388 e. The van der Waals surface area contributed by atoms with Gasteiger partial charge in [0.25, 0.3) is 0 Å². The zero-order valence-corrected chi connectivity index (χ0v) is 20.7. The second kappa shape index (κ2) is 13.2. The van der Waals surface area contributed by atoms with Gasteiger partial charge in [0.05, 0.1) is 0 Å². The summed E-state index contributed by atoms with van der Waals surface area (Å²) in [5, 5.41) is 0. The summed E-state index contributed by atoms with van der Waals surface area (Å²) in [5.41, 5.74) is 2.47. The van der Waals surface area contributed by atoms with Crippen LogP contribution in [0.3, 0.4) is 0 Å². The monoisotopic (exact) mass is 403 g/mol. The number of nitrogens with zero attached hydrogens (tertiary/aromatic N) is 1. The molecule has 0 unspecified atom stereocenters. The molecule has 170 valence electrons. The molecule has 1 nitrogen and oxygen atoms in total. The maximum absolute atomic E-state index is 5.09. The maximum Gasteiger partial charge on any atom is 0.0388 e. The van der Waals surface area contributed by atoms with E-state index in [4.69, 9.17) is 4.99 Å². The molecule has 1 heteroatoms. The van der Waals surface area contributed by atoms with E-state index in [1.54, 1.807) is 5.71 Å². The number of aliphatic imine (C=N–C) groups is 1. The van der Waals surface area contributed by atoms with Crippen LogP contribution < -0.4 is 0 Å². The molecule has 0 aliphatic heterocycles. The molecule has 2 bridgehead atoms. The van der Waals surface area contributed by atoms with Gasteiger partial charge in [0.1, 0.15) is 0 Å². The molecule has 0 N–H and O–H groups in total. The second-order valence-corrected chi connectivity index (χ2v) is 11.1. The molecule has 2 saturated carbocycles. The van der Waals surface area contributed by atoms with Crippen molar-refractivity contribution in [3.8, 4) is 0 Å². The summed E-state index contributed by atoms with van der Waals surface area (Å²) >= 11 is 0. The third-order valence-electron chi connectivity index (χ3n) is 8.83. The lowest BCUT2D eigenvalue weighted by atomic mass is 9.70. The minimum atomic E-state index is 0.409. The van der Waals surface area contributed by atoms with Gasteiger partial charge < -0.3 is 0 Å². The van der Waals surface area contributed by atoms with Crippen molar-refractivity contribution in [3.63, 3.8) is 0 Å². The van der Waals surface area contributed by atoms with Gasteiger partial charge in [0.2, 0.25) is 0 Å². The van der Waals surface area contributed by atoms with Gasteiger partial charge in [-0.15, -0.1) is 0 Å². The molecule has 0 heterocycles. The second-order valence-electron chi connectivity index (χ2n) is 11.1. The lowest BCUT2D eigenvalue weighted by Crippen LogP contribution is -2.32. The summed E-state index contributed by atoms with van der Waals surface area (Å²) in [6.45, 7) is 10.9. The van der Waals surface area contributed by atoms with E-state index in [0.29, 0.717) is 10.8 Å². The quantitative estimate of drug-likeness (QED) is 0.214. The first-order chi connectivity index (χ1) is 14.0. The number of hydrogen-bond acceptors (Lipinski definition) is 1. The molecule has 0 spiro atoms. The van der Waals surface area contributed by atoms with Crippen molar-refractivity contribution >= 4 is 5.71 Å². The Bertz CT molecular complexity index is 463. The summed E-state index contributed by atoms with van der Waals surface area (Å²) < 4.78 is 0. The molecule has 2 rings (SSSR count). The van der Waals surface area contributed by atoms with Crippen molar-refractivity contribution in [2.75, 3.05) is 6.54 Å². The van der Waals surface area contributed by atoms with Crippen molar-refractivity contribution in [1.82, 2.24) is 0 Å². The normalized spacial score (nSPS) is 26.6. The van der Waals surface area contributed by atoms with Crippen LogP contribution in [-0.4, -0.2) is 12.3 Å². The molecule has 0 aromatic rings. The summed E-state index contributed by atoms with van der Waals surface area (Å²) in [6.07, 6.45) is 27.2. The maximum atomic E-state index is 5.09. The lowest BCUT2D eigenvalue weighted by Gasteiger charge is -2.34. The Balaban J connectivity index is 1.35. The van der Waals surface area contributed by atoms with Crippen LogP contribution in [0, 0.1) is 16.7 Å². The topological polar surface area (TPSA) is 12.4 Å². The minimum absolute atomic E-state index is 0.409. The molecule has 2 aliphatic carbocycles. The number of hydrogen-bond donors (Lipinski definition) is 0. The van der Waals surface area contributed by atoms with E-state index in [2.05, 4.69) is 27.7 Å². The Hall–Kier alpha value is -0.330. The van der Waals surface area contributed by atoms with Crippen LogP contribution in [-0.2, 0) is 0 Å². The molecular formula is C28H53N. The van der Waals surface area contributed by atoms with Gasteiger partial charge in [-0.3, -0.25) is 4.99 Å². The van der Waals surface area contributed by atoms with Crippen LogP contribution in [0.2, 0.25) is 0 Å². The highest BCUT2D eigenvalue weighted by Gasteiger charge is 2.59. The third-order valence-corrected chi connectivity index (χ3v) is 8.83. The Labute approximate surface area is 183 Å². The molecule has 2 aliphatic rings. The molecule has 0 aromatic carbocycles. The molecule has 0 aromatic heterocycles. The first-order valence-electron chi connectivity index (χ1n) is 13.6. The van der Waals surface area contributed by atoms with Gasteiger partial charge >= 0.3 is 0 Å². The molecule has 29 heavy (non-hydrogen) atoms. The first-order valence-corrected chi connectivity index (χ1v) is 13.6. The SMILES string of the molecule is CCCCCCCCCCCCCCCCCCN=C1C[C@H]2CC[C@]1(C)C2(C)C. The predicted molar refractivity (Wildman–Crippen MR) is 131 cm³/mol. The van der Waals surface area contributed by atoms with Crippen LogP contribution in [0.15, 0.2) is 4.99 Å².